The van der Waals surface area contributed by atoms with Crippen molar-refractivity contribution in [1.82, 2.24) is 5.32 Å². The van der Waals surface area contributed by atoms with Gasteiger partial charge in [0.25, 0.3) is 0 Å². The van der Waals surface area contributed by atoms with Crippen molar-refractivity contribution in [2.45, 2.75) is 45.7 Å². The third-order valence-electron chi connectivity index (χ3n) is 5.42. The number of carbonyl (C=O) groups excluding carboxylic acids is 1. The van der Waals surface area contributed by atoms with Crippen LogP contribution >= 0.6 is 0 Å². The highest BCUT2D eigenvalue weighted by molar-refractivity contribution is 5.87. The topological polar surface area (TPSA) is 52.4 Å². The molecule has 0 saturated heterocycles. The number of nitroso groups, excluding NO2 is 1. The molecular weight excluding hydrogens is 362 g/mol. The first-order valence-electron chi connectivity index (χ1n) is 10.4. The van der Waals surface area contributed by atoms with Crippen LogP contribution in [0.4, 0.5) is 5.69 Å². The minimum Gasteiger partial charge on any atom is -0.289 e. The molecular formula is C24H30N3O2+. The molecule has 3 rings (SSSR count). The van der Waals surface area contributed by atoms with Crippen LogP contribution in [0.2, 0.25) is 0 Å². The molecule has 5 nitrogen and oxygen atoms in total. The van der Waals surface area contributed by atoms with Crippen molar-refractivity contribution < 1.29 is 9.66 Å². The fourth-order valence-corrected chi connectivity index (χ4v) is 3.92. The Hall–Kier alpha value is -2.95. The molecule has 0 radical (unpaired) electrons. The van der Waals surface area contributed by atoms with Crippen LogP contribution in [-0.4, -0.2) is 24.0 Å². The Bertz CT molecular complexity index is 886. The number of hydrazine groups is 1. The number of nitrogens with one attached hydrogen (secondary N) is 1. The average molecular weight is 393 g/mol. The first kappa shape index (κ1) is 20.8. The van der Waals surface area contributed by atoms with Gasteiger partial charge in [-0.15, -0.1) is 5.01 Å². The van der Waals surface area contributed by atoms with Gasteiger partial charge in [-0.2, -0.15) is 0 Å². The van der Waals surface area contributed by atoms with Gasteiger partial charge in [-0.05, 0) is 30.0 Å². The molecule has 0 fully saturated rings. The SMILES string of the molecule is CCCC(CCC)C(=O)N[C@@H]1C=C(c2ccccc2)c2ccccc2N(C)[N+]1=O. The van der Waals surface area contributed by atoms with Gasteiger partial charge in [-0.25, -0.2) is 0 Å². The van der Waals surface area contributed by atoms with Crippen LogP contribution in [0, 0.1) is 10.8 Å². The molecule has 0 aromatic heterocycles. The summed E-state index contributed by atoms with van der Waals surface area (Å²) in [4.78, 5) is 26.9. The summed E-state index contributed by atoms with van der Waals surface area (Å²) in [6, 6.07) is 17.8. The zero-order chi connectivity index (χ0) is 20.8. The Balaban J connectivity index is 2.01. The van der Waals surface area contributed by atoms with Gasteiger partial charge in [0.05, 0.1) is 12.0 Å². The quantitative estimate of drug-likeness (QED) is 0.681. The van der Waals surface area contributed by atoms with Gasteiger partial charge in [-0.3, -0.25) is 10.1 Å². The van der Waals surface area contributed by atoms with Crippen LogP contribution in [0.3, 0.4) is 0 Å². The Morgan fingerprint density at radius 3 is 2.31 bits per heavy atom. The third kappa shape index (κ3) is 4.56. The predicted molar refractivity (Wildman–Crippen MR) is 117 cm³/mol. The first-order chi connectivity index (χ1) is 14.1. The first-order valence-corrected chi connectivity index (χ1v) is 10.4. The molecule has 5 heteroatoms. The highest BCUT2D eigenvalue weighted by atomic mass is 16.3. The van der Waals surface area contributed by atoms with Crippen LogP contribution < -0.4 is 10.3 Å². The van der Waals surface area contributed by atoms with E-state index in [1.54, 1.807) is 12.1 Å². The van der Waals surface area contributed by atoms with E-state index in [9.17, 15) is 9.70 Å². The number of carbonyl (C=O) groups is 1. The molecule has 0 aliphatic carbocycles. The van der Waals surface area contributed by atoms with Crippen molar-refractivity contribution in [1.29, 1.82) is 0 Å². The molecule has 0 spiro atoms. The van der Waals surface area contributed by atoms with Gasteiger partial charge in [-0.1, -0.05) is 75.2 Å². The monoisotopic (exact) mass is 392 g/mol. The number of nitrogens with zero attached hydrogens (tertiary/aromatic N) is 2. The van der Waals surface area contributed by atoms with Gasteiger partial charge in [0.2, 0.25) is 5.91 Å². The number of hydrogen-bond donors (Lipinski definition) is 1. The number of amides is 1. The normalized spacial score (nSPS) is 16.3. The fourth-order valence-electron chi connectivity index (χ4n) is 3.92. The second-order valence-electron chi connectivity index (χ2n) is 7.52. The number of rotatable bonds is 7. The van der Waals surface area contributed by atoms with E-state index in [0.717, 1.165) is 52.9 Å². The molecule has 29 heavy (non-hydrogen) atoms. The Morgan fingerprint density at radius 1 is 1.03 bits per heavy atom. The van der Waals surface area contributed by atoms with Crippen LogP contribution in [0.15, 0.2) is 60.7 Å². The average Bonchev–Trinajstić information content (AvgIpc) is 2.85. The van der Waals surface area contributed by atoms with E-state index >= 15 is 0 Å². The van der Waals surface area contributed by atoms with Gasteiger partial charge in [0.15, 0.2) is 4.87 Å². The molecule has 1 amide bonds. The van der Waals surface area contributed by atoms with Crippen molar-refractivity contribution >= 4 is 17.2 Å². The zero-order valence-electron chi connectivity index (χ0n) is 17.5. The smallest absolute Gasteiger partial charge is 0.289 e. The zero-order valence-corrected chi connectivity index (χ0v) is 17.5. The summed E-state index contributed by atoms with van der Waals surface area (Å²) in [5.74, 6) is -0.120. The molecule has 0 bridgehead atoms. The highest BCUT2D eigenvalue weighted by Gasteiger charge is 2.37. The van der Waals surface area contributed by atoms with Crippen molar-refractivity contribution in [3.63, 3.8) is 0 Å². The van der Waals surface area contributed by atoms with Gasteiger partial charge in [0.1, 0.15) is 5.69 Å². The number of fused-ring (bicyclic) bond motifs is 1. The Labute approximate surface area is 173 Å². The molecule has 1 atom stereocenters. The minimum atomic E-state index is -0.772. The Kier molecular flexibility index (Phi) is 6.81. The summed E-state index contributed by atoms with van der Waals surface area (Å²) < 4.78 is 0. The van der Waals surface area contributed by atoms with E-state index in [-0.39, 0.29) is 11.8 Å². The van der Waals surface area contributed by atoms with Gasteiger partial charge < -0.3 is 0 Å². The van der Waals surface area contributed by atoms with E-state index in [2.05, 4.69) is 19.2 Å². The van der Waals surface area contributed by atoms with E-state index in [1.807, 2.05) is 60.7 Å². The Morgan fingerprint density at radius 2 is 1.66 bits per heavy atom. The van der Waals surface area contributed by atoms with Crippen LogP contribution in [0.25, 0.3) is 5.57 Å². The molecule has 152 valence electrons. The predicted octanol–water partition coefficient (Wildman–Crippen LogP) is 4.92. The minimum absolute atomic E-state index is 0.0532. The number of hydrogen-bond acceptors (Lipinski definition) is 2. The second-order valence-corrected chi connectivity index (χ2v) is 7.52. The lowest BCUT2D eigenvalue weighted by molar-refractivity contribution is -0.587. The molecule has 0 unspecified atom stereocenters. The largest absolute Gasteiger partial charge is 0.328 e. The maximum absolute atomic E-state index is 13.1. The molecule has 2 aromatic rings. The summed E-state index contributed by atoms with van der Waals surface area (Å²) in [5.41, 5.74) is 3.74. The fraction of sp³-hybridized carbons (Fsp3) is 0.375. The van der Waals surface area contributed by atoms with Crippen molar-refractivity contribution in [2.75, 3.05) is 12.1 Å². The summed E-state index contributed by atoms with van der Waals surface area (Å²) in [7, 11) is 1.74. The lowest BCUT2D eigenvalue weighted by Crippen LogP contribution is -2.48. The van der Waals surface area contributed by atoms with E-state index in [4.69, 9.17) is 0 Å². The van der Waals surface area contributed by atoms with Crippen LogP contribution in [0.5, 0.6) is 0 Å². The van der Waals surface area contributed by atoms with Gasteiger partial charge >= 0.3 is 6.17 Å². The highest BCUT2D eigenvalue weighted by Crippen LogP contribution is 2.34. The lowest BCUT2D eigenvalue weighted by atomic mass is 9.95. The van der Waals surface area contributed by atoms with E-state index < -0.39 is 6.17 Å². The molecule has 1 aliphatic rings. The third-order valence-corrected chi connectivity index (χ3v) is 5.42. The van der Waals surface area contributed by atoms with E-state index in [0.29, 0.717) is 0 Å². The van der Waals surface area contributed by atoms with Crippen molar-refractivity contribution in [3.8, 4) is 0 Å². The molecule has 1 N–H and O–H groups in total. The number of anilines is 1. The maximum atomic E-state index is 13.1. The summed E-state index contributed by atoms with van der Waals surface area (Å²) in [5, 5.41) is 4.57. The molecule has 1 heterocycles. The molecule has 2 aromatic carbocycles. The van der Waals surface area contributed by atoms with Gasteiger partial charge in [0, 0.05) is 17.6 Å². The maximum Gasteiger partial charge on any atom is 0.328 e. The lowest BCUT2D eigenvalue weighted by Gasteiger charge is -2.17. The van der Waals surface area contributed by atoms with Crippen LogP contribution in [0.1, 0.15) is 50.7 Å². The summed E-state index contributed by atoms with van der Waals surface area (Å²) in [6.07, 6.45) is 4.65. The standard InChI is InChI=1S/C24H29N3O2/c1-4-11-19(12-5-2)24(28)25-23-17-21(18-13-7-6-8-14-18)20-15-9-10-16-22(20)26(3)27(23)29/h6-10,13-17,19,23H,4-5,11-12H2,1-3H3/p+1/t23-/m0/s1. The summed E-state index contributed by atoms with van der Waals surface area (Å²) >= 11 is 0. The number of benzene rings is 2. The number of para-hydroxylation sites is 1. The van der Waals surface area contributed by atoms with Crippen molar-refractivity contribution in [3.05, 3.63) is 76.7 Å². The van der Waals surface area contributed by atoms with E-state index in [1.165, 1.54) is 0 Å². The van der Waals surface area contributed by atoms with Crippen LogP contribution in [-0.2, 0) is 4.79 Å². The molecule has 1 aliphatic heterocycles. The second kappa shape index (κ2) is 9.50. The van der Waals surface area contributed by atoms with Crippen molar-refractivity contribution in [2.24, 2.45) is 5.92 Å². The molecule has 0 saturated carbocycles. The summed E-state index contributed by atoms with van der Waals surface area (Å²) in [6.45, 7) is 4.17.